The van der Waals surface area contributed by atoms with Gasteiger partial charge in [-0.2, -0.15) is 0 Å². The molecule has 0 bridgehead atoms. The van der Waals surface area contributed by atoms with Gasteiger partial charge in [0, 0.05) is 37.0 Å². The van der Waals surface area contributed by atoms with Crippen LogP contribution in [0.4, 0.5) is 22.8 Å². The average molecular weight is 817 g/mol. The smallest absolute Gasteiger partial charge is 0.410 e. The molecule has 3 N–H and O–H groups in total. The quantitative estimate of drug-likeness (QED) is 0.376. The van der Waals surface area contributed by atoms with Crippen molar-refractivity contribution in [2.24, 2.45) is 5.92 Å². The van der Waals surface area contributed by atoms with Gasteiger partial charge in [0.1, 0.15) is 41.2 Å². The third-order valence-corrected chi connectivity index (χ3v) is 12.5. The van der Waals surface area contributed by atoms with Gasteiger partial charge < -0.3 is 25.2 Å². The van der Waals surface area contributed by atoms with E-state index in [4.69, 9.17) is 4.74 Å². The van der Waals surface area contributed by atoms with Gasteiger partial charge in [-0.15, -0.1) is 0 Å². The zero-order chi connectivity index (χ0) is 41.4. The number of urea groups is 1. The lowest BCUT2D eigenvalue weighted by atomic mass is 10.0. The summed E-state index contributed by atoms with van der Waals surface area (Å²) >= 11 is 0. The lowest BCUT2D eigenvalue weighted by molar-refractivity contribution is -0.141. The molecule has 308 valence electrons. The number of carbonyl (C=O) groups is 5. The highest BCUT2D eigenvalue weighted by molar-refractivity contribution is 7.90. The van der Waals surface area contributed by atoms with Gasteiger partial charge in [-0.05, 0) is 70.2 Å². The van der Waals surface area contributed by atoms with Gasteiger partial charge >= 0.3 is 12.1 Å². The largest absolute Gasteiger partial charge is 0.444 e. The van der Waals surface area contributed by atoms with Crippen LogP contribution in [0, 0.1) is 23.4 Å². The first-order valence-corrected chi connectivity index (χ1v) is 20.4. The molecule has 2 fully saturated rings. The Bertz CT molecular complexity index is 2070. The Labute approximate surface area is 329 Å². The molecule has 3 heterocycles. The van der Waals surface area contributed by atoms with Crippen LogP contribution in [-0.2, 0) is 42.2 Å². The second-order valence-corrected chi connectivity index (χ2v) is 17.7. The summed E-state index contributed by atoms with van der Waals surface area (Å²) in [6, 6.07) is 3.92. The molecule has 14 nitrogen and oxygen atoms in total. The average Bonchev–Trinajstić information content (AvgIpc) is 3.42. The third kappa shape index (κ3) is 8.74. The summed E-state index contributed by atoms with van der Waals surface area (Å²) in [7, 11) is -3.52. The summed E-state index contributed by atoms with van der Waals surface area (Å²) in [5, 5.41) is 5.45. The van der Waals surface area contributed by atoms with Crippen LogP contribution in [0.3, 0.4) is 0 Å². The normalized spacial score (nSPS) is 25.8. The number of hydrogen-bond donors (Lipinski definition) is 3. The van der Waals surface area contributed by atoms with Crippen molar-refractivity contribution < 1.29 is 50.3 Å². The number of halogens is 3. The molecule has 0 aromatic heterocycles. The minimum atomic E-state index is -5.10. The van der Waals surface area contributed by atoms with Crippen LogP contribution >= 0.6 is 0 Å². The van der Waals surface area contributed by atoms with Crippen molar-refractivity contribution in [2.75, 3.05) is 13.6 Å². The van der Waals surface area contributed by atoms with Gasteiger partial charge in [0.15, 0.2) is 4.90 Å². The fraction of sp³-hybridized carbons (Fsp3) is 0.513. The van der Waals surface area contributed by atoms with Crippen molar-refractivity contribution in [2.45, 2.75) is 113 Å². The fourth-order valence-corrected chi connectivity index (χ4v) is 8.62. The van der Waals surface area contributed by atoms with Crippen LogP contribution in [-0.4, -0.2) is 95.8 Å². The van der Waals surface area contributed by atoms with E-state index in [9.17, 15) is 45.6 Å². The van der Waals surface area contributed by atoms with Crippen molar-refractivity contribution in [1.29, 1.82) is 0 Å². The zero-order valence-corrected chi connectivity index (χ0v) is 33.0. The summed E-state index contributed by atoms with van der Waals surface area (Å²) in [5.41, 5.74) is -1.54. The number of sulfonamides is 1. The molecule has 4 aliphatic rings. The molecule has 0 spiro atoms. The standard InChI is InChI=1S/C39H47F3N6O8S/c1-38(2,3)46(4)36(52)43-30-17-9-7-5-6-8-13-24-19-39(24,35(51)45-57(54,55)32-28(41)15-11-16-29(32)42)44-33(49)31-18-25(21-48(31)34(30)50)56-37(53)47-20-23-12-10-14-27(40)26(23)22-47/h8,10-16,24-25,30-31H,5-7,9,17-22H2,1-4H3,(H,43,52)(H,44,49)(H,45,51)/b13-8-/t24-,25+,30-,31-,39+/m0/s1. The van der Waals surface area contributed by atoms with Crippen molar-refractivity contribution in [3.05, 3.63) is 77.1 Å². The summed E-state index contributed by atoms with van der Waals surface area (Å²) in [6.45, 7) is 5.21. The number of nitrogens with one attached hydrogen (secondary N) is 3. The molecule has 0 unspecified atom stereocenters. The van der Waals surface area contributed by atoms with Crippen LogP contribution < -0.4 is 15.4 Å². The van der Waals surface area contributed by atoms with Crippen LogP contribution in [0.1, 0.15) is 76.8 Å². The summed E-state index contributed by atoms with van der Waals surface area (Å²) in [5.74, 6) is -6.81. The van der Waals surface area contributed by atoms with Gasteiger partial charge in [0.2, 0.25) is 11.8 Å². The van der Waals surface area contributed by atoms with Gasteiger partial charge in [-0.3, -0.25) is 19.3 Å². The van der Waals surface area contributed by atoms with Gasteiger partial charge in [0.05, 0.1) is 13.1 Å². The Hall–Kier alpha value is -5.13. The molecule has 6 amide bonds. The molecular formula is C39H47F3N6O8S. The molecule has 1 aliphatic carbocycles. The third-order valence-electron chi connectivity index (χ3n) is 11.1. The van der Waals surface area contributed by atoms with E-state index < -0.39 is 97.4 Å². The van der Waals surface area contributed by atoms with Crippen molar-refractivity contribution >= 4 is 39.9 Å². The SMILES string of the molecule is CN(C(=O)N[C@H]1CCCCC/C=C\[C@H]2C[C@@]2(C(=O)NS(=O)(=O)c2c(F)cccc2F)NC(=O)[C@@H]2C[C@@H](OC(=O)N3Cc4cccc(F)c4C3)CN2C1=O)C(C)(C)C. The first kappa shape index (κ1) is 41.5. The molecule has 2 aromatic carbocycles. The van der Waals surface area contributed by atoms with E-state index in [1.807, 2.05) is 20.8 Å². The Morgan fingerprint density at radius 2 is 1.67 bits per heavy atom. The minimum absolute atomic E-state index is 0.0538. The number of allylic oxidation sites excluding steroid dienone is 1. The number of carbonyl (C=O) groups excluding carboxylic acids is 5. The number of benzene rings is 2. The van der Waals surface area contributed by atoms with Crippen LogP contribution in [0.5, 0.6) is 0 Å². The Balaban J connectivity index is 1.29. The zero-order valence-electron chi connectivity index (χ0n) is 32.1. The van der Waals surface area contributed by atoms with Crippen LogP contribution in [0.25, 0.3) is 0 Å². The Kier molecular flexibility index (Phi) is 11.7. The van der Waals surface area contributed by atoms with E-state index >= 15 is 0 Å². The van der Waals surface area contributed by atoms with E-state index in [0.717, 1.165) is 18.2 Å². The lowest BCUT2D eigenvalue weighted by Crippen LogP contribution is -2.59. The maximum Gasteiger partial charge on any atom is 0.410 e. The Morgan fingerprint density at radius 1 is 0.982 bits per heavy atom. The maximum absolute atomic E-state index is 14.5. The number of hydrogen-bond acceptors (Lipinski definition) is 8. The number of ether oxygens (including phenoxy) is 1. The minimum Gasteiger partial charge on any atom is -0.444 e. The predicted molar refractivity (Wildman–Crippen MR) is 199 cm³/mol. The highest BCUT2D eigenvalue weighted by Gasteiger charge is 2.62. The molecular weight excluding hydrogens is 770 g/mol. The molecule has 0 radical (unpaired) electrons. The molecule has 5 atom stereocenters. The topological polar surface area (TPSA) is 175 Å². The van der Waals surface area contributed by atoms with E-state index in [1.54, 1.807) is 30.0 Å². The van der Waals surface area contributed by atoms with Crippen LogP contribution in [0.15, 0.2) is 53.4 Å². The molecule has 3 aliphatic heterocycles. The highest BCUT2D eigenvalue weighted by atomic mass is 32.2. The molecule has 57 heavy (non-hydrogen) atoms. The van der Waals surface area contributed by atoms with Gasteiger partial charge in [0.25, 0.3) is 15.9 Å². The van der Waals surface area contributed by atoms with E-state index in [0.29, 0.717) is 36.8 Å². The number of amides is 6. The summed E-state index contributed by atoms with van der Waals surface area (Å²) < 4.78 is 77.4. The fourth-order valence-electron chi connectivity index (χ4n) is 7.45. The van der Waals surface area contributed by atoms with E-state index in [1.165, 1.54) is 26.8 Å². The van der Waals surface area contributed by atoms with Gasteiger partial charge in [-0.1, -0.05) is 43.2 Å². The molecule has 2 aromatic rings. The predicted octanol–water partition coefficient (Wildman–Crippen LogP) is 4.23. The molecule has 1 saturated carbocycles. The second-order valence-electron chi connectivity index (χ2n) is 16.0. The number of nitrogens with zero attached hydrogens (tertiary/aromatic N) is 3. The molecule has 6 rings (SSSR count). The number of fused-ring (bicyclic) bond motifs is 3. The van der Waals surface area contributed by atoms with Crippen molar-refractivity contribution in [3.8, 4) is 0 Å². The maximum atomic E-state index is 14.5. The van der Waals surface area contributed by atoms with E-state index in [2.05, 4.69) is 10.6 Å². The first-order valence-electron chi connectivity index (χ1n) is 18.9. The molecule has 18 heteroatoms. The first-order chi connectivity index (χ1) is 26.8. The highest BCUT2D eigenvalue weighted by Crippen LogP contribution is 2.46. The van der Waals surface area contributed by atoms with Crippen LogP contribution in [0.2, 0.25) is 0 Å². The second kappa shape index (κ2) is 16.0. The Morgan fingerprint density at radius 3 is 2.35 bits per heavy atom. The lowest BCUT2D eigenvalue weighted by Gasteiger charge is -2.35. The monoisotopic (exact) mass is 816 g/mol. The van der Waals surface area contributed by atoms with Crippen molar-refractivity contribution in [3.63, 3.8) is 0 Å². The van der Waals surface area contributed by atoms with Crippen molar-refractivity contribution in [1.82, 2.24) is 30.1 Å². The number of rotatable bonds is 5. The van der Waals surface area contributed by atoms with Gasteiger partial charge in [-0.25, -0.2) is 35.9 Å². The summed E-state index contributed by atoms with van der Waals surface area (Å²) in [6.07, 6.45) is 3.91. The molecule has 1 saturated heterocycles. The van der Waals surface area contributed by atoms with E-state index in [-0.39, 0.29) is 38.9 Å². The summed E-state index contributed by atoms with van der Waals surface area (Å²) in [4.78, 5) is 72.0.